The minimum atomic E-state index is -0.117. The number of methoxy groups -OCH3 is 1. The number of carbonyl (C=O) groups excluding carboxylic acids is 1. The second-order valence-corrected chi connectivity index (χ2v) is 4.96. The summed E-state index contributed by atoms with van der Waals surface area (Å²) in [6, 6.07) is 5.44. The molecule has 0 bridgehead atoms. The van der Waals surface area contributed by atoms with Crippen molar-refractivity contribution in [2.24, 2.45) is 0 Å². The van der Waals surface area contributed by atoms with Crippen LogP contribution in [0.5, 0.6) is 0 Å². The van der Waals surface area contributed by atoms with Crippen LogP contribution in [0.1, 0.15) is 24.3 Å². The number of carbonyl (C=O) groups is 1. The molecule has 20 heavy (non-hydrogen) atoms. The van der Waals surface area contributed by atoms with E-state index in [-0.39, 0.29) is 11.9 Å². The van der Waals surface area contributed by atoms with E-state index in [1.807, 2.05) is 19.9 Å². The fourth-order valence-corrected chi connectivity index (χ4v) is 2.11. The Morgan fingerprint density at radius 2 is 2.25 bits per heavy atom. The number of hydrogen-bond acceptors (Lipinski definition) is 4. The smallest absolute Gasteiger partial charge is 0.275 e. The summed E-state index contributed by atoms with van der Waals surface area (Å²) < 4.78 is 5.05. The number of H-pyrrole nitrogens is 1. The van der Waals surface area contributed by atoms with Crippen LogP contribution in [0.2, 0.25) is 0 Å². The van der Waals surface area contributed by atoms with Crippen molar-refractivity contribution in [2.45, 2.75) is 19.9 Å². The van der Waals surface area contributed by atoms with E-state index >= 15 is 0 Å². The number of nitrogens with two attached hydrogens (primary N) is 1. The molecular weight excluding hydrogens is 256 g/mol. The summed E-state index contributed by atoms with van der Waals surface area (Å²) in [6.07, 6.45) is 0. The molecule has 6 heteroatoms. The number of fused-ring (bicyclic) bond motifs is 1. The molecule has 0 saturated heterocycles. The second kappa shape index (κ2) is 5.92. The van der Waals surface area contributed by atoms with Crippen molar-refractivity contribution in [3.8, 4) is 0 Å². The molecule has 1 aromatic heterocycles. The van der Waals surface area contributed by atoms with Crippen molar-refractivity contribution in [3.63, 3.8) is 0 Å². The fourth-order valence-electron chi connectivity index (χ4n) is 2.11. The van der Waals surface area contributed by atoms with E-state index in [2.05, 4.69) is 10.2 Å². The SMILES string of the molecule is COCCN(C(=O)c1n[nH]c2ccc(N)cc12)C(C)C. The first kappa shape index (κ1) is 14.3. The molecule has 1 aromatic carbocycles. The van der Waals surface area contributed by atoms with Gasteiger partial charge >= 0.3 is 0 Å². The van der Waals surface area contributed by atoms with Crippen molar-refractivity contribution >= 4 is 22.5 Å². The van der Waals surface area contributed by atoms with E-state index in [9.17, 15) is 4.79 Å². The molecule has 0 saturated carbocycles. The van der Waals surface area contributed by atoms with E-state index in [0.717, 1.165) is 10.9 Å². The summed E-state index contributed by atoms with van der Waals surface area (Å²) >= 11 is 0. The first-order valence-electron chi connectivity index (χ1n) is 6.58. The van der Waals surface area contributed by atoms with Crippen LogP contribution >= 0.6 is 0 Å². The molecule has 1 heterocycles. The number of ether oxygens (including phenoxy) is 1. The van der Waals surface area contributed by atoms with Crippen molar-refractivity contribution in [1.29, 1.82) is 0 Å². The fraction of sp³-hybridized carbons (Fsp3) is 0.429. The Morgan fingerprint density at radius 3 is 2.90 bits per heavy atom. The van der Waals surface area contributed by atoms with Crippen LogP contribution < -0.4 is 5.73 Å². The number of aromatic amines is 1. The number of hydrogen-bond donors (Lipinski definition) is 2. The molecule has 108 valence electrons. The van der Waals surface area contributed by atoms with Crippen molar-refractivity contribution in [3.05, 3.63) is 23.9 Å². The highest BCUT2D eigenvalue weighted by Crippen LogP contribution is 2.20. The van der Waals surface area contributed by atoms with Gasteiger partial charge < -0.3 is 15.4 Å². The lowest BCUT2D eigenvalue weighted by Crippen LogP contribution is -2.39. The highest BCUT2D eigenvalue weighted by Gasteiger charge is 2.22. The molecule has 0 fully saturated rings. The third-order valence-electron chi connectivity index (χ3n) is 3.21. The largest absolute Gasteiger partial charge is 0.399 e. The highest BCUT2D eigenvalue weighted by atomic mass is 16.5. The molecule has 0 aliphatic rings. The monoisotopic (exact) mass is 276 g/mol. The molecule has 3 N–H and O–H groups in total. The first-order valence-corrected chi connectivity index (χ1v) is 6.58. The van der Waals surface area contributed by atoms with E-state index in [1.54, 1.807) is 24.1 Å². The van der Waals surface area contributed by atoms with Crippen LogP contribution in [-0.2, 0) is 4.74 Å². The number of nitrogens with zero attached hydrogens (tertiary/aromatic N) is 2. The molecule has 0 aliphatic heterocycles. The van der Waals surface area contributed by atoms with Crippen LogP contribution in [0.15, 0.2) is 18.2 Å². The molecule has 0 spiro atoms. The molecule has 0 atom stereocenters. The summed E-state index contributed by atoms with van der Waals surface area (Å²) in [5, 5.41) is 7.75. The van der Waals surface area contributed by atoms with Crippen LogP contribution in [0.4, 0.5) is 5.69 Å². The van der Waals surface area contributed by atoms with Crippen molar-refractivity contribution < 1.29 is 9.53 Å². The van der Waals surface area contributed by atoms with Gasteiger partial charge in [0.25, 0.3) is 5.91 Å². The van der Waals surface area contributed by atoms with E-state index in [0.29, 0.717) is 24.5 Å². The molecule has 1 amide bonds. The molecule has 0 unspecified atom stereocenters. The average molecular weight is 276 g/mol. The third-order valence-corrected chi connectivity index (χ3v) is 3.21. The van der Waals surface area contributed by atoms with Gasteiger partial charge in [-0.25, -0.2) is 0 Å². The van der Waals surface area contributed by atoms with Gasteiger partial charge in [0.2, 0.25) is 0 Å². The number of amides is 1. The van der Waals surface area contributed by atoms with Gasteiger partial charge in [-0.15, -0.1) is 0 Å². The Morgan fingerprint density at radius 1 is 1.50 bits per heavy atom. The lowest BCUT2D eigenvalue weighted by molar-refractivity contribution is 0.0631. The Hall–Kier alpha value is -2.08. The summed E-state index contributed by atoms with van der Waals surface area (Å²) in [4.78, 5) is 14.4. The molecule has 0 aliphatic carbocycles. The van der Waals surface area contributed by atoms with E-state index in [4.69, 9.17) is 10.5 Å². The van der Waals surface area contributed by atoms with Gasteiger partial charge in [-0.1, -0.05) is 0 Å². The summed E-state index contributed by atoms with van der Waals surface area (Å²) in [5.74, 6) is -0.117. The average Bonchev–Trinajstić information content (AvgIpc) is 2.81. The number of rotatable bonds is 5. The zero-order valence-electron chi connectivity index (χ0n) is 12.0. The van der Waals surface area contributed by atoms with E-state index < -0.39 is 0 Å². The Bertz CT molecular complexity index is 606. The summed E-state index contributed by atoms with van der Waals surface area (Å²) in [7, 11) is 1.62. The van der Waals surface area contributed by atoms with Gasteiger partial charge in [0.05, 0.1) is 12.1 Å². The number of nitrogens with one attached hydrogen (secondary N) is 1. The molecular formula is C14H20N4O2. The molecule has 0 radical (unpaired) electrons. The standard InChI is InChI=1S/C14H20N4O2/c1-9(2)18(6-7-20-3)14(19)13-11-8-10(15)4-5-12(11)16-17-13/h4-5,8-9H,6-7,15H2,1-3H3,(H,16,17). The van der Waals surface area contributed by atoms with Crippen LogP contribution in [-0.4, -0.2) is 47.3 Å². The van der Waals surface area contributed by atoms with Crippen molar-refractivity contribution in [2.75, 3.05) is 26.0 Å². The number of benzene rings is 1. The topological polar surface area (TPSA) is 84.2 Å². The zero-order valence-corrected chi connectivity index (χ0v) is 12.0. The third kappa shape index (κ3) is 2.75. The molecule has 6 nitrogen and oxygen atoms in total. The van der Waals surface area contributed by atoms with Gasteiger partial charge in [0.1, 0.15) is 0 Å². The summed E-state index contributed by atoms with van der Waals surface area (Å²) in [6.45, 7) is 4.96. The first-order chi connectivity index (χ1) is 9.54. The maximum atomic E-state index is 12.6. The number of aromatic nitrogens is 2. The predicted octanol–water partition coefficient (Wildman–Crippen LogP) is 1.64. The summed E-state index contributed by atoms with van der Waals surface area (Å²) in [5.41, 5.74) is 7.60. The zero-order chi connectivity index (χ0) is 14.7. The lowest BCUT2D eigenvalue weighted by Gasteiger charge is -2.25. The maximum absolute atomic E-state index is 12.6. The highest BCUT2D eigenvalue weighted by molar-refractivity contribution is 6.05. The normalized spacial score (nSPS) is 11.2. The van der Waals surface area contributed by atoms with Gasteiger partial charge in [0.15, 0.2) is 5.69 Å². The Labute approximate surface area is 117 Å². The van der Waals surface area contributed by atoms with Gasteiger partial charge in [-0.05, 0) is 32.0 Å². The maximum Gasteiger partial charge on any atom is 0.275 e. The van der Waals surface area contributed by atoms with Gasteiger partial charge in [0, 0.05) is 30.8 Å². The Balaban J connectivity index is 2.35. The molecule has 2 rings (SSSR count). The minimum Gasteiger partial charge on any atom is -0.399 e. The van der Waals surface area contributed by atoms with E-state index in [1.165, 1.54) is 0 Å². The quantitative estimate of drug-likeness (QED) is 0.813. The number of anilines is 1. The molecule has 2 aromatic rings. The van der Waals surface area contributed by atoms with Crippen LogP contribution in [0.25, 0.3) is 10.9 Å². The van der Waals surface area contributed by atoms with Gasteiger partial charge in [-0.2, -0.15) is 5.10 Å². The number of nitrogen functional groups attached to an aromatic ring is 1. The van der Waals surface area contributed by atoms with Crippen LogP contribution in [0.3, 0.4) is 0 Å². The minimum absolute atomic E-state index is 0.0745. The van der Waals surface area contributed by atoms with Crippen molar-refractivity contribution in [1.82, 2.24) is 15.1 Å². The lowest BCUT2D eigenvalue weighted by atomic mass is 10.1. The van der Waals surface area contributed by atoms with Gasteiger partial charge in [-0.3, -0.25) is 9.89 Å². The predicted molar refractivity (Wildman–Crippen MR) is 78.6 cm³/mol. The Kier molecular flexibility index (Phi) is 4.24. The van der Waals surface area contributed by atoms with Crippen LogP contribution in [0, 0.1) is 0 Å². The second-order valence-electron chi connectivity index (χ2n) is 4.96.